The molecule has 3 rings (SSSR count). The summed E-state index contributed by atoms with van der Waals surface area (Å²) in [7, 11) is 0. The van der Waals surface area contributed by atoms with Crippen molar-refractivity contribution in [1.82, 2.24) is 10.2 Å². The van der Waals surface area contributed by atoms with Gasteiger partial charge in [0, 0.05) is 16.1 Å². The van der Waals surface area contributed by atoms with E-state index in [9.17, 15) is 4.79 Å². The van der Waals surface area contributed by atoms with E-state index in [0.717, 1.165) is 22.1 Å². The fourth-order valence-electron chi connectivity index (χ4n) is 4.39. The molecule has 1 aliphatic heterocycles. The fourth-order valence-corrected chi connectivity index (χ4v) is 5.04. The third-order valence-electron chi connectivity index (χ3n) is 5.86. The summed E-state index contributed by atoms with van der Waals surface area (Å²) in [4.78, 5) is 15.8. The van der Waals surface area contributed by atoms with E-state index < -0.39 is 0 Å². The molecule has 2 aromatic rings. The lowest BCUT2D eigenvalue weighted by molar-refractivity contribution is 0.0632. The van der Waals surface area contributed by atoms with E-state index in [1.54, 1.807) is 0 Å². The monoisotopic (exact) mass is 428 g/mol. The summed E-state index contributed by atoms with van der Waals surface area (Å²) in [5.74, 6) is -0.0336. The van der Waals surface area contributed by atoms with Crippen molar-refractivity contribution in [2.75, 3.05) is 6.54 Å². The average Bonchev–Trinajstić information content (AvgIpc) is 3.07. The van der Waals surface area contributed by atoms with E-state index in [1.165, 1.54) is 12.8 Å². The van der Waals surface area contributed by atoms with Crippen LogP contribution in [0.25, 0.3) is 0 Å². The molecule has 0 bridgehead atoms. The third kappa shape index (κ3) is 4.12. The Labute approximate surface area is 171 Å². The minimum Gasteiger partial charge on any atom is -0.343 e. The molecular formula is C23H29BrN2O. The highest BCUT2D eigenvalue weighted by Crippen LogP contribution is 2.36. The summed E-state index contributed by atoms with van der Waals surface area (Å²) in [6, 6.07) is 16.6. The highest BCUT2D eigenvalue weighted by atomic mass is 79.9. The number of benzene rings is 2. The van der Waals surface area contributed by atoms with Crippen LogP contribution < -0.4 is 5.32 Å². The molecule has 0 aromatic heterocycles. The van der Waals surface area contributed by atoms with Gasteiger partial charge in [-0.25, -0.2) is 0 Å². The Balaban J connectivity index is 1.97. The Morgan fingerprint density at radius 1 is 1.19 bits per heavy atom. The van der Waals surface area contributed by atoms with Gasteiger partial charge in [0.25, 0.3) is 5.91 Å². The van der Waals surface area contributed by atoms with Crippen LogP contribution in [0.4, 0.5) is 0 Å². The molecule has 1 aliphatic rings. The summed E-state index contributed by atoms with van der Waals surface area (Å²) in [6.07, 6.45) is 2.42. The Hall–Kier alpha value is -1.65. The van der Waals surface area contributed by atoms with Crippen molar-refractivity contribution in [1.29, 1.82) is 0 Å². The first-order chi connectivity index (χ1) is 12.8. The number of hydrogen-bond acceptors (Lipinski definition) is 2. The van der Waals surface area contributed by atoms with Gasteiger partial charge in [0.1, 0.15) is 0 Å². The molecule has 2 unspecified atom stereocenters. The topological polar surface area (TPSA) is 32.3 Å². The Bertz CT molecular complexity index is 783. The molecule has 1 fully saturated rings. The molecule has 0 spiro atoms. The highest BCUT2D eigenvalue weighted by molar-refractivity contribution is 9.10. The second-order valence-electron chi connectivity index (χ2n) is 8.09. The van der Waals surface area contributed by atoms with Gasteiger partial charge in [-0.15, -0.1) is 0 Å². The predicted molar refractivity (Wildman–Crippen MR) is 115 cm³/mol. The molecule has 1 heterocycles. The second kappa shape index (κ2) is 8.15. The molecule has 3 nitrogen and oxygen atoms in total. The highest BCUT2D eigenvalue weighted by Gasteiger charge is 2.41. The number of likely N-dealkylation sites (tertiary alicyclic amines) is 1. The SMILES string of the molecule is Cc1cccc(Br)c1C(=O)NC(c1ccccc1)C(C)(C)N1CCCC1C. The first kappa shape index (κ1) is 20.1. The number of rotatable bonds is 5. The Morgan fingerprint density at radius 2 is 1.89 bits per heavy atom. The molecule has 2 atom stereocenters. The van der Waals surface area contributed by atoms with Crippen LogP contribution in [-0.4, -0.2) is 28.9 Å². The molecule has 1 saturated heterocycles. The van der Waals surface area contributed by atoms with Crippen LogP contribution in [0.5, 0.6) is 0 Å². The maximum atomic E-state index is 13.3. The van der Waals surface area contributed by atoms with Crippen LogP contribution in [0.2, 0.25) is 0 Å². The molecule has 4 heteroatoms. The maximum absolute atomic E-state index is 13.3. The number of hydrogen-bond donors (Lipinski definition) is 1. The van der Waals surface area contributed by atoms with Gasteiger partial charge in [-0.1, -0.05) is 42.5 Å². The normalized spacial score (nSPS) is 19.1. The van der Waals surface area contributed by atoms with Crippen molar-refractivity contribution in [3.05, 3.63) is 69.7 Å². The van der Waals surface area contributed by atoms with Crippen LogP contribution >= 0.6 is 15.9 Å². The number of carbonyl (C=O) groups excluding carboxylic acids is 1. The largest absolute Gasteiger partial charge is 0.343 e. The summed E-state index contributed by atoms with van der Waals surface area (Å²) in [5.41, 5.74) is 2.63. The molecule has 27 heavy (non-hydrogen) atoms. The summed E-state index contributed by atoms with van der Waals surface area (Å²) >= 11 is 3.55. The van der Waals surface area contributed by atoms with E-state index in [-0.39, 0.29) is 17.5 Å². The molecule has 2 aromatic carbocycles. The molecule has 1 amide bonds. The van der Waals surface area contributed by atoms with E-state index in [0.29, 0.717) is 11.6 Å². The number of halogens is 1. The average molecular weight is 429 g/mol. The maximum Gasteiger partial charge on any atom is 0.253 e. The van der Waals surface area contributed by atoms with Crippen molar-refractivity contribution in [2.45, 2.75) is 58.2 Å². The van der Waals surface area contributed by atoms with Gasteiger partial charge in [0.15, 0.2) is 0 Å². The van der Waals surface area contributed by atoms with Crippen molar-refractivity contribution in [3.63, 3.8) is 0 Å². The summed E-state index contributed by atoms with van der Waals surface area (Å²) < 4.78 is 0.833. The van der Waals surface area contributed by atoms with Crippen LogP contribution in [0.15, 0.2) is 53.0 Å². The summed E-state index contributed by atoms with van der Waals surface area (Å²) in [6.45, 7) is 9.84. The lowest BCUT2D eigenvalue weighted by Gasteiger charge is -2.45. The standard InChI is InChI=1S/C23H29BrN2O/c1-16-10-8-14-19(24)20(16)22(27)25-21(18-12-6-5-7-13-18)23(3,4)26-15-9-11-17(26)2/h5-8,10,12-14,17,21H,9,11,15H2,1-4H3,(H,25,27). The zero-order valence-corrected chi connectivity index (χ0v) is 18.2. The smallest absolute Gasteiger partial charge is 0.253 e. The third-order valence-corrected chi connectivity index (χ3v) is 6.52. The van der Waals surface area contributed by atoms with Crippen LogP contribution in [0, 0.1) is 6.92 Å². The molecule has 0 aliphatic carbocycles. The first-order valence-corrected chi connectivity index (χ1v) is 10.5. The minimum atomic E-state index is -0.192. The van der Waals surface area contributed by atoms with Crippen molar-refractivity contribution in [2.24, 2.45) is 0 Å². The van der Waals surface area contributed by atoms with Crippen molar-refractivity contribution < 1.29 is 4.79 Å². The molecule has 0 saturated carbocycles. The quantitative estimate of drug-likeness (QED) is 0.682. The van der Waals surface area contributed by atoms with Gasteiger partial charge in [0.2, 0.25) is 0 Å². The van der Waals surface area contributed by atoms with Gasteiger partial charge in [-0.3, -0.25) is 9.69 Å². The van der Waals surface area contributed by atoms with Crippen LogP contribution in [0.1, 0.15) is 61.1 Å². The number of nitrogens with zero attached hydrogens (tertiary/aromatic N) is 1. The van der Waals surface area contributed by atoms with Gasteiger partial charge in [-0.05, 0) is 80.2 Å². The van der Waals surface area contributed by atoms with Gasteiger partial charge in [-0.2, -0.15) is 0 Å². The van der Waals surface area contributed by atoms with E-state index in [2.05, 4.69) is 59.1 Å². The number of aryl methyl sites for hydroxylation is 1. The molecule has 144 valence electrons. The van der Waals surface area contributed by atoms with E-state index in [1.807, 2.05) is 43.3 Å². The van der Waals surface area contributed by atoms with Gasteiger partial charge in [0.05, 0.1) is 11.6 Å². The number of nitrogens with one attached hydrogen (secondary N) is 1. The predicted octanol–water partition coefficient (Wildman–Crippen LogP) is 5.49. The van der Waals surface area contributed by atoms with Crippen molar-refractivity contribution in [3.8, 4) is 0 Å². The Kier molecular flexibility index (Phi) is 6.07. The lowest BCUT2D eigenvalue weighted by Crippen LogP contribution is -2.54. The summed E-state index contributed by atoms with van der Waals surface area (Å²) in [5, 5.41) is 3.36. The van der Waals surface area contributed by atoms with Crippen LogP contribution in [-0.2, 0) is 0 Å². The Morgan fingerprint density at radius 3 is 2.48 bits per heavy atom. The zero-order valence-electron chi connectivity index (χ0n) is 16.6. The fraction of sp³-hybridized carbons (Fsp3) is 0.435. The molecule has 1 N–H and O–H groups in total. The van der Waals surface area contributed by atoms with Crippen LogP contribution in [0.3, 0.4) is 0 Å². The lowest BCUT2D eigenvalue weighted by atomic mass is 9.86. The minimum absolute atomic E-state index is 0.0336. The van der Waals surface area contributed by atoms with E-state index in [4.69, 9.17) is 0 Å². The van der Waals surface area contributed by atoms with E-state index >= 15 is 0 Å². The number of carbonyl (C=O) groups is 1. The first-order valence-electron chi connectivity index (χ1n) is 9.70. The van der Waals surface area contributed by atoms with Crippen molar-refractivity contribution >= 4 is 21.8 Å². The van der Waals surface area contributed by atoms with Gasteiger partial charge >= 0.3 is 0 Å². The molecular weight excluding hydrogens is 400 g/mol. The number of amides is 1. The zero-order chi connectivity index (χ0) is 19.6. The second-order valence-corrected chi connectivity index (χ2v) is 8.94. The van der Waals surface area contributed by atoms with Gasteiger partial charge < -0.3 is 5.32 Å². The molecule has 0 radical (unpaired) electrons.